The SMILES string of the molecule is O=C(OC1Cc2ccc3ccccc3c2N(C(=O)c2ccccc2)C1)c1ccccc1. The Kier molecular flexibility index (Phi) is 4.97. The molecule has 4 aromatic carbocycles. The molecule has 1 aliphatic heterocycles. The number of fused-ring (bicyclic) bond motifs is 3. The van der Waals surface area contributed by atoms with E-state index >= 15 is 0 Å². The first-order valence-electron chi connectivity index (χ1n) is 10.3. The van der Waals surface area contributed by atoms with Crippen molar-refractivity contribution in [1.29, 1.82) is 0 Å². The van der Waals surface area contributed by atoms with Crippen molar-refractivity contribution in [2.75, 3.05) is 11.4 Å². The Hall–Kier alpha value is -3.92. The second kappa shape index (κ2) is 8.07. The number of rotatable bonds is 3. The molecule has 0 aliphatic carbocycles. The van der Waals surface area contributed by atoms with Crippen LogP contribution in [0.1, 0.15) is 26.3 Å². The standard InChI is InChI=1S/C27H21NO3/c29-26(20-10-3-1-4-11-20)28-18-23(31-27(30)21-12-5-2-6-13-21)17-22-16-15-19-9-7-8-14-24(19)25(22)28/h1-16,23H,17-18H2. The van der Waals surface area contributed by atoms with Crippen molar-refractivity contribution in [3.63, 3.8) is 0 Å². The van der Waals surface area contributed by atoms with E-state index in [-0.39, 0.29) is 11.9 Å². The normalized spacial score (nSPS) is 15.4. The fourth-order valence-corrected chi connectivity index (χ4v) is 4.18. The molecule has 0 bridgehead atoms. The first-order valence-corrected chi connectivity index (χ1v) is 10.3. The molecule has 0 radical (unpaired) electrons. The molecule has 4 heteroatoms. The Morgan fingerprint density at radius 1 is 0.742 bits per heavy atom. The predicted octanol–water partition coefficient (Wildman–Crippen LogP) is 5.27. The van der Waals surface area contributed by atoms with Gasteiger partial charge in [-0.2, -0.15) is 0 Å². The van der Waals surface area contributed by atoms with Crippen LogP contribution in [0.5, 0.6) is 0 Å². The van der Waals surface area contributed by atoms with E-state index in [9.17, 15) is 9.59 Å². The zero-order valence-corrected chi connectivity index (χ0v) is 16.9. The smallest absolute Gasteiger partial charge is 0.338 e. The molecule has 1 aliphatic rings. The van der Waals surface area contributed by atoms with Crippen molar-refractivity contribution < 1.29 is 14.3 Å². The molecular weight excluding hydrogens is 386 g/mol. The summed E-state index contributed by atoms with van der Waals surface area (Å²) in [6.45, 7) is 0.313. The molecule has 1 unspecified atom stereocenters. The Morgan fingerprint density at radius 3 is 2.13 bits per heavy atom. The van der Waals surface area contributed by atoms with Gasteiger partial charge >= 0.3 is 5.97 Å². The number of esters is 1. The number of carbonyl (C=O) groups excluding carboxylic acids is 2. The van der Waals surface area contributed by atoms with Crippen LogP contribution in [-0.4, -0.2) is 24.5 Å². The van der Waals surface area contributed by atoms with E-state index in [1.165, 1.54) is 0 Å². The van der Waals surface area contributed by atoms with Gasteiger partial charge in [0.25, 0.3) is 5.91 Å². The highest BCUT2D eigenvalue weighted by molar-refractivity contribution is 6.12. The second-order valence-electron chi connectivity index (χ2n) is 7.67. The van der Waals surface area contributed by atoms with Crippen molar-refractivity contribution in [1.82, 2.24) is 0 Å². The molecular formula is C27H21NO3. The monoisotopic (exact) mass is 407 g/mol. The highest BCUT2D eigenvalue weighted by Gasteiger charge is 2.32. The number of ether oxygens (including phenoxy) is 1. The van der Waals surface area contributed by atoms with Gasteiger partial charge in [0.1, 0.15) is 6.10 Å². The van der Waals surface area contributed by atoms with Crippen molar-refractivity contribution in [3.05, 3.63) is 114 Å². The maximum Gasteiger partial charge on any atom is 0.338 e. The van der Waals surface area contributed by atoms with Gasteiger partial charge in [-0.3, -0.25) is 4.79 Å². The third-order valence-electron chi connectivity index (χ3n) is 5.64. The third-order valence-corrected chi connectivity index (χ3v) is 5.64. The molecule has 0 N–H and O–H groups in total. The van der Waals surface area contributed by atoms with E-state index < -0.39 is 6.10 Å². The summed E-state index contributed by atoms with van der Waals surface area (Å²) in [5.74, 6) is -0.472. The van der Waals surface area contributed by atoms with E-state index in [1.54, 1.807) is 17.0 Å². The highest BCUT2D eigenvalue weighted by atomic mass is 16.5. The first kappa shape index (κ1) is 19.1. The van der Waals surface area contributed by atoms with Gasteiger partial charge in [0.05, 0.1) is 17.8 Å². The van der Waals surface area contributed by atoms with E-state index in [2.05, 4.69) is 6.07 Å². The summed E-state index contributed by atoms with van der Waals surface area (Å²) in [4.78, 5) is 27.9. The summed E-state index contributed by atoms with van der Waals surface area (Å²) in [7, 11) is 0. The molecule has 0 saturated heterocycles. The van der Waals surface area contributed by atoms with Crippen LogP contribution in [0.2, 0.25) is 0 Å². The summed E-state index contributed by atoms with van der Waals surface area (Å²) in [6.07, 6.45) is 0.145. The van der Waals surface area contributed by atoms with Crippen LogP contribution in [0.3, 0.4) is 0 Å². The Labute approximate surface area is 180 Å². The summed E-state index contributed by atoms with van der Waals surface area (Å²) in [5.41, 5.74) is 3.02. The molecule has 4 nitrogen and oxygen atoms in total. The molecule has 1 atom stereocenters. The third kappa shape index (κ3) is 3.68. The predicted molar refractivity (Wildman–Crippen MR) is 121 cm³/mol. The first-order chi connectivity index (χ1) is 15.2. The minimum atomic E-state index is -0.422. The van der Waals surface area contributed by atoms with Gasteiger partial charge in [-0.15, -0.1) is 0 Å². The van der Waals surface area contributed by atoms with Crippen LogP contribution < -0.4 is 4.90 Å². The number of hydrogen-bond acceptors (Lipinski definition) is 3. The second-order valence-corrected chi connectivity index (χ2v) is 7.67. The maximum atomic E-state index is 13.5. The number of anilines is 1. The molecule has 0 fully saturated rings. The minimum absolute atomic E-state index is 0.0985. The molecule has 5 rings (SSSR count). The lowest BCUT2D eigenvalue weighted by molar-refractivity contribution is 0.0305. The maximum absolute atomic E-state index is 13.5. The van der Waals surface area contributed by atoms with Gasteiger partial charge in [-0.25, -0.2) is 4.79 Å². The van der Waals surface area contributed by atoms with Gasteiger partial charge in [-0.1, -0.05) is 72.8 Å². The van der Waals surface area contributed by atoms with Crippen LogP contribution >= 0.6 is 0 Å². The molecule has 152 valence electrons. The average molecular weight is 407 g/mol. The summed E-state index contributed by atoms with van der Waals surface area (Å²) < 4.78 is 5.83. The van der Waals surface area contributed by atoms with E-state index in [1.807, 2.05) is 78.9 Å². The molecule has 4 aromatic rings. The zero-order chi connectivity index (χ0) is 21.2. The van der Waals surface area contributed by atoms with E-state index in [0.29, 0.717) is 24.1 Å². The van der Waals surface area contributed by atoms with Gasteiger partial charge in [0.15, 0.2) is 0 Å². The Bertz CT molecular complexity index is 1250. The van der Waals surface area contributed by atoms with Crippen molar-refractivity contribution >= 4 is 28.3 Å². The topological polar surface area (TPSA) is 46.6 Å². The number of amides is 1. The lowest BCUT2D eigenvalue weighted by Gasteiger charge is -2.35. The van der Waals surface area contributed by atoms with Gasteiger partial charge in [0, 0.05) is 17.4 Å². The molecule has 1 heterocycles. The minimum Gasteiger partial charge on any atom is -0.457 e. The lowest BCUT2D eigenvalue weighted by Crippen LogP contribution is -2.44. The molecule has 0 spiro atoms. The van der Waals surface area contributed by atoms with E-state index in [4.69, 9.17) is 4.74 Å². The lowest BCUT2D eigenvalue weighted by atomic mass is 9.94. The Balaban J connectivity index is 1.54. The van der Waals surface area contributed by atoms with E-state index in [0.717, 1.165) is 22.0 Å². The van der Waals surface area contributed by atoms with Gasteiger partial charge in [-0.05, 0) is 35.2 Å². The number of hydrogen-bond donors (Lipinski definition) is 0. The fraction of sp³-hybridized carbons (Fsp3) is 0.111. The highest BCUT2D eigenvalue weighted by Crippen LogP contribution is 2.36. The molecule has 0 aromatic heterocycles. The van der Waals surface area contributed by atoms with Crippen molar-refractivity contribution in [2.45, 2.75) is 12.5 Å². The fourth-order valence-electron chi connectivity index (χ4n) is 4.18. The summed E-state index contributed by atoms with van der Waals surface area (Å²) in [6, 6.07) is 30.3. The average Bonchev–Trinajstić information content (AvgIpc) is 2.84. The van der Waals surface area contributed by atoms with Gasteiger partial charge in [0.2, 0.25) is 0 Å². The largest absolute Gasteiger partial charge is 0.457 e. The van der Waals surface area contributed by atoms with Crippen LogP contribution in [0.25, 0.3) is 10.8 Å². The number of benzene rings is 4. The van der Waals surface area contributed by atoms with Gasteiger partial charge < -0.3 is 9.64 Å². The van der Waals surface area contributed by atoms with Crippen molar-refractivity contribution in [3.8, 4) is 0 Å². The number of nitrogens with zero attached hydrogens (tertiary/aromatic N) is 1. The van der Waals surface area contributed by atoms with Crippen LogP contribution in [0.4, 0.5) is 5.69 Å². The zero-order valence-electron chi connectivity index (χ0n) is 16.9. The van der Waals surface area contributed by atoms with Crippen LogP contribution in [0, 0.1) is 0 Å². The van der Waals surface area contributed by atoms with Crippen molar-refractivity contribution in [2.24, 2.45) is 0 Å². The molecule has 1 amide bonds. The Morgan fingerprint density at radius 2 is 1.39 bits per heavy atom. The summed E-state index contributed by atoms with van der Waals surface area (Å²) in [5, 5.41) is 2.10. The molecule has 31 heavy (non-hydrogen) atoms. The summed E-state index contributed by atoms with van der Waals surface area (Å²) >= 11 is 0. The van der Waals surface area contributed by atoms with Crippen LogP contribution in [-0.2, 0) is 11.2 Å². The number of carbonyl (C=O) groups is 2. The molecule has 0 saturated carbocycles. The quantitative estimate of drug-likeness (QED) is 0.435. The van der Waals surface area contributed by atoms with Crippen LogP contribution in [0.15, 0.2) is 97.1 Å².